The summed E-state index contributed by atoms with van der Waals surface area (Å²) in [5, 5.41) is 0. The lowest BCUT2D eigenvalue weighted by molar-refractivity contribution is -0.118. The summed E-state index contributed by atoms with van der Waals surface area (Å²) >= 11 is 0. The van der Waals surface area contributed by atoms with E-state index >= 15 is 0 Å². The molecule has 1 atom stereocenters. The molecule has 0 saturated heterocycles. The number of rotatable bonds is 5. The molecule has 0 fully saturated rings. The predicted molar refractivity (Wildman–Crippen MR) is 59.8 cm³/mol. The van der Waals surface area contributed by atoms with Crippen LogP contribution in [0.1, 0.15) is 31.2 Å². The Morgan fingerprint density at radius 3 is 2.40 bits per heavy atom. The second-order valence-electron chi connectivity index (χ2n) is 3.55. The molecule has 0 radical (unpaired) electrons. The molecule has 3 nitrogen and oxygen atoms in total. The summed E-state index contributed by atoms with van der Waals surface area (Å²) in [5.74, 6) is 0.791. The van der Waals surface area contributed by atoms with Crippen LogP contribution in [0.15, 0.2) is 24.3 Å². The molecule has 1 aromatic carbocycles. The maximum Gasteiger partial charge on any atom is 0.218 e. The third-order valence-corrected chi connectivity index (χ3v) is 2.53. The molecule has 0 spiro atoms. The zero-order valence-corrected chi connectivity index (χ0v) is 9.19. The summed E-state index contributed by atoms with van der Waals surface area (Å²) in [6, 6.07) is 7.77. The first-order valence-electron chi connectivity index (χ1n) is 5.09. The van der Waals surface area contributed by atoms with Crippen molar-refractivity contribution in [3.63, 3.8) is 0 Å². The number of benzene rings is 1. The molecule has 1 amide bonds. The van der Waals surface area contributed by atoms with Gasteiger partial charge in [-0.25, -0.2) is 0 Å². The highest BCUT2D eigenvalue weighted by atomic mass is 16.5. The van der Waals surface area contributed by atoms with Crippen molar-refractivity contribution < 1.29 is 9.53 Å². The van der Waals surface area contributed by atoms with Crippen LogP contribution in [0.3, 0.4) is 0 Å². The third kappa shape index (κ3) is 3.27. The van der Waals surface area contributed by atoms with E-state index in [1.807, 2.05) is 24.3 Å². The van der Waals surface area contributed by atoms with Crippen molar-refractivity contribution in [3.05, 3.63) is 29.8 Å². The van der Waals surface area contributed by atoms with Gasteiger partial charge in [0.1, 0.15) is 5.75 Å². The summed E-state index contributed by atoms with van der Waals surface area (Å²) in [5.41, 5.74) is 6.33. The molecule has 2 N–H and O–H groups in total. The normalized spacial score (nSPS) is 12.1. The minimum Gasteiger partial charge on any atom is -0.497 e. The highest BCUT2D eigenvalue weighted by Gasteiger charge is 2.11. The summed E-state index contributed by atoms with van der Waals surface area (Å²) in [7, 11) is 1.63. The molecule has 0 bridgehead atoms. The lowest BCUT2D eigenvalue weighted by Gasteiger charge is -2.13. The largest absolute Gasteiger partial charge is 0.497 e. The first-order chi connectivity index (χ1) is 7.17. The fourth-order valence-corrected chi connectivity index (χ4v) is 1.62. The lowest BCUT2D eigenvalue weighted by atomic mass is 9.93. The van der Waals surface area contributed by atoms with Gasteiger partial charge in [0.05, 0.1) is 7.11 Å². The third-order valence-electron chi connectivity index (χ3n) is 2.53. The molecule has 0 aliphatic carbocycles. The van der Waals surface area contributed by atoms with Crippen molar-refractivity contribution in [1.82, 2.24) is 0 Å². The van der Waals surface area contributed by atoms with Crippen LogP contribution in [0.5, 0.6) is 5.75 Å². The number of hydrogen-bond acceptors (Lipinski definition) is 2. The van der Waals surface area contributed by atoms with Crippen molar-refractivity contribution in [2.75, 3.05) is 7.11 Å². The quantitative estimate of drug-likeness (QED) is 0.803. The summed E-state index contributed by atoms with van der Waals surface area (Å²) in [4.78, 5) is 10.9. The average Bonchev–Trinajstić information content (AvgIpc) is 2.26. The average molecular weight is 207 g/mol. The molecule has 0 aromatic heterocycles. The van der Waals surface area contributed by atoms with Gasteiger partial charge < -0.3 is 10.5 Å². The van der Waals surface area contributed by atoms with Gasteiger partial charge in [-0.3, -0.25) is 4.79 Å². The van der Waals surface area contributed by atoms with Crippen LogP contribution in [-0.2, 0) is 4.79 Å². The van der Waals surface area contributed by atoms with E-state index in [9.17, 15) is 4.79 Å². The van der Waals surface area contributed by atoms with Crippen molar-refractivity contribution in [2.24, 2.45) is 5.73 Å². The SMILES string of the molecule is CCC(CC(N)=O)c1ccc(OC)cc1. The zero-order valence-electron chi connectivity index (χ0n) is 9.19. The number of methoxy groups -OCH3 is 1. The van der Waals surface area contributed by atoms with Gasteiger partial charge >= 0.3 is 0 Å². The van der Waals surface area contributed by atoms with E-state index in [2.05, 4.69) is 6.92 Å². The van der Waals surface area contributed by atoms with Gasteiger partial charge in [-0.1, -0.05) is 19.1 Å². The van der Waals surface area contributed by atoms with Crippen LogP contribution in [0.2, 0.25) is 0 Å². The Hall–Kier alpha value is -1.51. The van der Waals surface area contributed by atoms with Crippen LogP contribution in [0, 0.1) is 0 Å². The molecule has 3 heteroatoms. The highest BCUT2D eigenvalue weighted by molar-refractivity contribution is 5.74. The van der Waals surface area contributed by atoms with Crippen LogP contribution in [-0.4, -0.2) is 13.0 Å². The van der Waals surface area contributed by atoms with Gasteiger partial charge in [0.2, 0.25) is 5.91 Å². The van der Waals surface area contributed by atoms with Gasteiger partial charge in [0.15, 0.2) is 0 Å². The fourth-order valence-electron chi connectivity index (χ4n) is 1.62. The molecule has 0 saturated carbocycles. The fraction of sp³-hybridized carbons (Fsp3) is 0.417. The van der Waals surface area contributed by atoms with Crippen molar-refractivity contribution in [2.45, 2.75) is 25.7 Å². The molecule has 82 valence electrons. The van der Waals surface area contributed by atoms with E-state index in [1.165, 1.54) is 0 Å². The predicted octanol–water partition coefficient (Wildman–Crippen LogP) is 2.06. The standard InChI is InChI=1S/C12H17NO2/c1-3-9(8-12(13)14)10-4-6-11(15-2)7-5-10/h4-7,9H,3,8H2,1-2H3,(H2,13,14). The number of amides is 1. The van der Waals surface area contributed by atoms with Crippen molar-refractivity contribution >= 4 is 5.91 Å². The highest BCUT2D eigenvalue weighted by Crippen LogP contribution is 2.24. The van der Waals surface area contributed by atoms with Gasteiger partial charge in [-0.2, -0.15) is 0 Å². The van der Waals surface area contributed by atoms with Crippen molar-refractivity contribution in [3.8, 4) is 5.75 Å². The van der Waals surface area contributed by atoms with Gasteiger partial charge in [0, 0.05) is 6.42 Å². The Labute approximate surface area is 90.2 Å². The van der Waals surface area contributed by atoms with E-state index in [4.69, 9.17) is 10.5 Å². The van der Waals surface area contributed by atoms with Crippen LogP contribution in [0.4, 0.5) is 0 Å². The number of hydrogen-bond donors (Lipinski definition) is 1. The number of nitrogens with two attached hydrogens (primary N) is 1. The Morgan fingerprint density at radius 1 is 1.40 bits per heavy atom. The molecule has 0 heterocycles. The van der Waals surface area contributed by atoms with Crippen LogP contribution < -0.4 is 10.5 Å². The molecular weight excluding hydrogens is 190 g/mol. The van der Waals surface area contributed by atoms with E-state index < -0.39 is 0 Å². The van der Waals surface area contributed by atoms with Gasteiger partial charge in [-0.15, -0.1) is 0 Å². The molecule has 1 aromatic rings. The monoisotopic (exact) mass is 207 g/mol. The second kappa shape index (κ2) is 5.39. The minimum atomic E-state index is -0.252. The zero-order chi connectivity index (χ0) is 11.3. The van der Waals surface area contributed by atoms with Crippen molar-refractivity contribution in [1.29, 1.82) is 0 Å². The Kier molecular flexibility index (Phi) is 4.16. The molecule has 1 rings (SSSR count). The topological polar surface area (TPSA) is 52.3 Å². The molecule has 0 aliphatic heterocycles. The maximum absolute atomic E-state index is 10.9. The Morgan fingerprint density at radius 2 is 2.00 bits per heavy atom. The first kappa shape index (κ1) is 11.6. The number of carbonyl (C=O) groups excluding carboxylic acids is 1. The Balaban J connectivity index is 2.78. The number of ether oxygens (including phenoxy) is 1. The number of primary amides is 1. The van der Waals surface area contributed by atoms with E-state index in [0.29, 0.717) is 6.42 Å². The summed E-state index contributed by atoms with van der Waals surface area (Å²) in [6.07, 6.45) is 1.32. The van der Waals surface area contributed by atoms with E-state index in [0.717, 1.165) is 17.7 Å². The van der Waals surface area contributed by atoms with E-state index in [1.54, 1.807) is 7.11 Å². The number of carbonyl (C=O) groups is 1. The minimum absolute atomic E-state index is 0.216. The van der Waals surface area contributed by atoms with Gasteiger partial charge in [0.25, 0.3) is 0 Å². The molecular formula is C12H17NO2. The van der Waals surface area contributed by atoms with Crippen LogP contribution >= 0.6 is 0 Å². The van der Waals surface area contributed by atoms with Gasteiger partial charge in [-0.05, 0) is 30.0 Å². The Bertz CT molecular complexity index is 319. The first-order valence-corrected chi connectivity index (χ1v) is 5.09. The summed E-state index contributed by atoms with van der Waals surface area (Å²) < 4.78 is 5.07. The second-order valence-corrected chi connectivity index (χ2v) is 3.55. The smallest absolute Gasteiger partial charge is 0.218 e. The van der Waals surface area contributed by atoms with E-state index in [-0.39, 0.29) is 11.8 Å². The van der Waals surface area contributed by atoms with Crippen LogP contribution in [0.25, 0.3) is 0 Å². The molecule has 15 heavy (non-hydrogen) atoms. The molecule has 1 unspecified atom stereocenters. The molecule has 0 aliphatic rings. The maximum atomic E-state index is 10.9. The lowest BCUT2D eigenvalue weighted by Crippen LogP contribution is -2.14. The summed E-state index contributed by atoms with van der Waals surface area (Å²) in [6.45, 7) is 2.05.